The van der Waals surface area contributed by atoms with Crippen LogP contribution >= 0.6 is 46.4 Å². The van der Waals surface area contributed by atoms with Gasteiger partial charge >= 0.3 is 0 Å². The Bertz CT molecular complexity index is 871. The van der Waals surface area contributed by atoms with Crippen molar-refractivity contribution in [2.75, 3.05) is 0 Å². The Morgan fingerprint density at radius 3 is 1.96 bits per heavy atom. The number of halogens is 4. The molecule has 6 heteroatoms. The summed E-state index contributed by atoms with van der Waals surface area (Å²) in [7, 11) is 0. The number of hydrogen-bond acceptors (Lipinski definition) is 1. The second kappa shape index (κ2) is 6.74. The first-order valence-corrected chi connectivity index (χ1v) is 8.50. The highest BCUT2D eigenvalue weighted by atomic mass is 35.5. The molecule has 0 unspecified atom stereocenters. The largest absolute Gasteiger partial charge is 0.341 e. The summed E-state index contributed by atoms with van der Waals surface area (Å²) < 4.78 is 0. The molecule has 0 radical (unpaired) electrons. The number of nitrogens with one attached hydrogen (secondary N) is 1. The molecule has 0 aliphatic heterocycles. The molecule has 0 aliphatic carbocycles. The van der Waals surface area contributed by atoms with Gasteiger partial charge in [0.05, 0.1) is 15.7 Å². The van der Waals surface area contributed by atoms with E-state index in [1.165, 1.54) is 0 Å². The fourth-order valence-electron chi connectivity index (χ4n) is 2.38. The summed E-state index contributed by atoms with van der Waals surface area (Å²) in [4.78, 5) is 8.01. The van der Waals surface area contributed by atoms with Crippen molar-refractivity contribution < 1.29 is 0 Å². The first-order chi connectivity index (χ1) is 11.0. The summed E-state index contributed by atoms with van der Waals surface area (Å²) in [5.41, 5.74) is 3.41. The maximum atomic E-state index is 6.32. The number of benzene rings is 2. The summed E-state index contributed by atoms with van der Waals surface area (Å²) >= 11 is 24.5. The van der Waals surface area contributed by atoms with E-state index in [-0.39, 0.29) is 0 Å². The van der Waals surface area contributed by atoms with Crippen molar-refractivity contribution >= 4 is 46.4 Å². The molecule has 0 fully saturated rings. The molecule has 0 atom stereocenters. The zero-order valence-electron chi connectivity index (χ0n) is 12.1. The normalized spacial score (nSPS) is 11.0. The lowest BCUT2D eigenvalue weighted by atomic mass is 10.1. The van der Waals surface area contributed by atoms with Crippen molar-refractivity contribution in [1.29, 1.82) is 0 Å². The van der Waals surface area contributed by atoms with Gasteiger partial charge < -0.3 is 4.98 Å². The van der Waals surface area contributed by atoms with Gasteiger partial charge in [0.25, 0.3) is 0 Å². The molecule has 0 amide bonds. The highest BCUT2D eigenvalue weighted by molar-refractivity contribution is 6.37. The van der Waals surface area contributed by atoms with Crippen LogP contribution in [-0.2, 0) is 6.42 Å². The lowest BCUT2D eigenvalue weighted by Gasteiger charge is -2.03. The second-order valence-electron chi connectivity index (χ2n) is 5.01. The van der Waals surface area contributed by atoms with Gasteiger partial charge in [0.15, 0.2) is 0 Å². The predicted molar refractivity (Wildman–Crippen MR) is 98.9 cm³/mol. The van der Waals surface area contributed by atoms with E-state index >= 15 is 0 Å². The molecule has 0 saturated carbocycles. The number of nitrogens with zero attached hydrogens (tertiary/aromatic N) is 1. The molecule has 3 aromatic rings. The smallest absolute Gasteiger partial charge is 0.139 e. The van der Waals surface area contributed by atoms with Crippen LogP contribution in [0.25, 0.3) is 22.6 Å². The standard InChI is InChI=1S/C17H12Cl4N2/c1-2-15-16(11-5-3-9(18)7-13(11)20)23-17(22-15)12-6-4-10(19)8-14(12)21/h3-8H,2H2,1H3,(H,22,23). The Morgan fingerprint density at radius 1 is 0.870 bits per heavy atom. The van der Waals surface area contributed by atoms with Crippen molar-refractivity contribution in [3.05, 3.63) is 62.2 Å². The quantitative estimate of drug-likeness (QED) is 0.520. The minimum absolute atomic E-state index is 0.544. The molecule has 118 valence electrons. The topological polar surface area (TPSA) is 28.7 Å². The van der Waals surface area contributed by atoms with Gasteiger partial charge in [-0.15, -0.1) is 0 Å². The zero-order chi connectivity index (χ0) is 16.6. The first-order valence-electron chi connectivity index (χ1n) is 6.99. The van der Waals surface area contributed by atoms with E-state index in [1.807, 2.05) is 19.1 Å². The maximum absolute atomic E-state index is 6.32. The molecule has 23 heavy (non-hydrogen) atoms. The Kier molecular flexibility index (Phi) is 4.88. The van der Waals surface area contributed by atoms with Crippen LogP contribution in [0.2, 0.25) is 20.1 Å². The minimum atomic E-state index is 0.544. The van der Waals surface area contributed by atoms with Crippen LogP contribution in [0, 0.1) is 0 Å². The van der Waals surface area contributed by atoms with Crippen molar-refractivity contribution in [3.63, 3.8) is 0 Å². The third-order valence-corrected chi connectivity index (χ3v) is 4.60. The van der Waals surface area contributed by atoms with E-state index in [2.05, 4.69) is 4.98 Å². The molecular weight excluding hydrogens is 374 g/mol. The van der Waals surface area contributed by atoms with Gasteiger partial charge in [-0.25, -0.2) is 4.98 Å². The predicted octanol–water partition coefficient (Wildman–Crippen LogP) is 6.92. The van der Waals surface area contributed by atoms with Crippen LogP contribution < -0.4 is 0 Å². The number of H-pyrrole nitrogens is 1. The number of imidazole rings is 1. The summed E-state index contributed by atoms with van der Waals surface area (Å²) in [6.45, 7) is 2.05. The Morgan fingerprint density at radius 2 is 1.43 bits per heavy atom. The average molecular weight is 386 g/mol. The highest BCUT2D eigenvalue weighted by Gasteiger charge is 2.16. The van der Waals surface area contributed by atoms with Gasteiger partial charge in [0.1, 0.15) is 5.82 Å². The van der Waals surface area contributed by atoms with E-state index in [0.717, 1.165) is 28.9 Å². The summed E-state index contributed by atoms with van der Waals surface area (Å²) in [5, 5.41) is 2.28. The molecule has 0 saturated heterocycles. The van der Waals surface area contributed by atoms with Gasteiger partial charge in [-0.1, -0.05) is 53.3 Å². The van der Waals surface area contributed by atoms with Gasteiger partial charge in [-0.3, -0.25) is 0 Å². The van der Waals surface area contributed by atoms with Gasteiger partial charge in [0, 0.05) is 26.9 Å². The van der Waals surface area contributed by atoms with Crippen LogP contribution in [0.4, 0.5) is 0 Å². The SMILES string of the molecule is CCc1[nH]c(-c2ccc(Cl)cc2Cl)nc1-c1ccc(Cl)cc1Cl. The molecule has 2 aromatic carbocycles. The average Bonchev–Trinajstić information content (AvgIpc) is 2.91. The molecule has 0 aliphatic rings. The van der Waals surface area contributed by atoms with E-state index in [4.69, 9.17) is 51.4 Å². The van der Waals surface area contributed by atoms with E-state index in [1.54, 1.807) is 24.3 Å². The Hall–Kier alpha value is -1.19. The lowest BCUT2D eigenvalue weighted by Crippen LogP contribution is -1.87. The Balaban J connectivity index is 2.14. The third-order valence-electron chi connectivity index (χ3n) is 3.50. The van der Waals surface area contributed by atoms with Crippen molar-refractivity contribution in [2.24, 2.45) is 0 Å². The molecule has 1 N–H and O–H groups in total. The fraction of sp³-hybridized carbons (Fsp3) is 0.118. The number of aromatic nitrogens is 2. The van der Waals surface area contributed by atoms with Crippen molar-refractivity contribution in [3.8, 4) is 22.6 Å². The van der Waals surface area contributed by atoms with E-state index in [0.29, 0.717) is 25.9 Å². The van der Waals surface area contributed by atoms with Crippen molar-refractivity contribution in [1.82, 2.24) is 9.97 Å². The van der Waals surface area contributed by atoms with Crippen LogP contribution in [0.15, 0.2) is 36.4 Å². The second-order valence-corrected chi connectivity index (χ2v) is 6.70. The third kappa shape index (κ3) is 3.36. The molecule has 1 heterocycles. The molecular formula is C17H12Cl4N2. The number of aromatic amines is 1. The number of rotatable bonds is 3. The maximum Gasteiger partial charge on any atom is 0.139 e. The Labute approximate surface area is 154 Å². The number of aryl methyl sites for hydroxylation is 1. The highest BCUT2D eigenvalue weighted by Crippen LogP contribution is 2.35. The van der Waals surface area contributed by atoms with Gasteiger partial charge in [0.2, 0.25) is 0 Å². The summed E-state index contributed by atoms with van der Waals surface area (Å²) in [6, 6.07) is 10.7. The van der Waals surface area contributed by atoms with Crippen LogP contribution in [0.3, 0.4) is 0 Å². The van der Waals surface area contributed by atoms with Crippen molar-refractivity contribution in [2.45, 2.75) is 13.3 Å². The monoisotopic (exact) mass is 384 g/mol. The van der Waals surface area contributed by atoms with E-state index < -0.39 is 0 Å². The number of hydrogen-bond donors (Lipinski definition) is 1. The summed E-state index contributed by atoms with van der Waals surface area (Å²) in [6.07, 6.45) is 0.784. The van der Waals surface area contributed by atoms with Crippen LogP contribution in [0.1, 0.15) is 12.6 Å². The molecule has 0 bridgehead atoms. The molecule has 3 rings (SSSR count). The van der Waals surface area contributed by atoms with Crippen LogP contribution in [0.5, 0.6) is 0 Å². The molecule has 0 spiro atoms. The zero-order valence-corrected chi connectivity index (χ0v) is 15.2. The van der Waals surface area contributed by atoms with Gasteiger partial charge in [-0.2, -0.15) is 0 Å². The summed E-state index contributed by atoms with van der Waals surface area (Å²) in [5.74, 6) is 0.685. The molecule has 1 aromatic heterocycles. The van der Waals surface area contributed by atoms with Gasteiger partial charge in [-0.05, 0) is 42.8 Å². The fourth-order valence-corrected chi connectivity index (χ4v) is 3.37. The van der Waals surface area contributed by atoms with Crippen LogP contribution in [-0.4, -0.2) is 9.97 Å². The minimum Gasteiger partial charge on any atom is -0.341 e. The lowest BCUT2D eigenvalue weighted by molar-refractivity contribution is 1.07. The molecule has 2 nitrogen and oxygen atoms in total. The first kappa shape index (κ1) is 16.7. The van der Waals surface area contributed by atoms with E-state index in [9.17, 15) is 0 Å².